The van der Waals surface area contributed by atoms with E-state index in [0.29, 0.717) is 19.6 Å². The smallest absolute Gasteiger partial charge is 0.407 e. The molecular weight excluding hydrogens is 201 g/mol. The van der Waals surface area contributed by atoms with Gasteiger partial charge in [-0.2, -0.15) is 0 Å². The van der Waals surface area contributed by atoms with E-state index >= 15 is 0 Å². The number of alkyl halides is 1. The standard InChI is InChI=1S/C10H20FNO3/c1-10(2,3)15-9(13)12-6-4-7-14-8-5-11/h4-8H2,1-3H3,(H,12,13). The van der Waals surface area contributed by atoms with Gasteiger partial charge in [0.2, 0.25) is 0 Å². The highest BCUT2D eigenvalue weighted by Crippen LogP contribution is 2.06. The molecule has 0 aromatic heterocycles. The van der Waals surface area contributed by atoms with Crippen molar-refractivity contribution in [3.63, 3.8) is 0 Å². The van der Waals surface area contributed by atoms with E-state index in [9.17, 15) is 9.18 Å². The van der Waals surface area contributed by atoms with E-state index in [0.717, 1.165) is 0 Å². The van der Waals surface area contributed by atoms with Crippen LogP contribution in [0.25, 0.3) is 0 Å². The molecule has 0 saturated heterocycles. The summed E-state index contributed by atoms with van der Waals surface area (Å²) in [5.41, 5.74) is -0.477. The topological polar surface area (TPSA) is 47.6 Å². The molecule has 0 aliphatic carbocycles. The largest absolute Gasteiger partial charge is 0.444 e. The summed E-state index contributed by atoms with van der Waals surface area (Å²) in [5, 5.41) is 2.58. The van der Waals surface area contributed by atoms with E-state index < -0.39 is 18.4 Å². The molecular formula is C10H20FNO3. The molecule has 0 aliphatic rings. The lowest BCUT2D eigenvalue weighted by molar-refractivity contribution is 0.0518. The molecule has 0 aromatic carbocycles. The first-order valence-corrected chi connectivity index (χ1v) is 5.06. The Kier molecular flexibility index (Phi) is 7.03. The number of carbonyl (C=O) groups excluding carboxylic acids is 1. The second-order valence-corrected chi connectivity index (χ2v) is 4.08. The molecule has 4 nitrogen and oxygen atoms in total. The van der Waals surface area contributed by atoms with Gasteiger partial charge in [0.25, 0.3) is 0 Å². The lowest BCUT2D eigenvalue weighted by atomic mass is 10.2. The lowest BCUT2D eigenvalue weighted by Crippen LogP contribution is -2.33. The fourth-order valence-electron chi connectivity index (χ4n) is 0.835. The Balaban J connectivity index is 3.32. The predicted molar refractivity (Wildman–Crippen MR) is 55.6 cm³/mol. The molecule has 90 valence electrons. The fourth-order valence-corrected chi connectivity index (χ4v) is 0.835. The number of alkyl carbamates (subject to hydrolysis) is 1. The summed E-state index contributed by atoms with van der Waals surface area (Å²) in [6.07, 6.45) is 0.215. The highest BCUT2D eigenvalue weighted by Gasteiger charge is 2.15. The van der Waals surface area contributed by atoms with E-state index in [4.69, 9.17) is 9.47 Å². The molecule has 0 aromatic rings. The molecule has 0 heterocycles. The van der Waals surface area contributed by atoms with E-state index in [1.165, 1.54) is 0 Å². The van der Waals surface area contributed by atoms with Gasteiger partial charge in [-0.05, 0) is 27.2 Å². The number of halogens is 1. The molecule has 0 rings (SSSR count). The third-order valence-corrected chi connectivity index (χ3v) is 1.36. The molecule has 1 N–H and O–H groups in total. The van der Waals surface area contributed by atoms with Crippen LogP contribution in [0.1, 0.15) is 27.2 Å². The first kappa shape index (κ1) is 14.2. The van der Waals surface area contributed by atoms with Gasteiger partial charge in [0.15, 0.2) is 0 Å². The van der Waals surface area contributed by atoms with Crippen molar-refractivity contribution in [3.8, 4) is 0 Å². The summed E-state index contributed by atoms with van der Waals surface area (Å²) in [5.74, 6) is 0. The monoisotopic (exact) mass is 221 g/mol. The maximum absolute atomic E-state index is 11.6. The van der Waals surface area contributed by atoms with Crippen molar-refractivity contribution in [1.29, 1.82) is 0 Å². The lowest BCUT2D eigenvalue weighted by Gasteiger charge is -2.19. The van der Waals surface area contributed by atoms with Crippen LogP contribution in [-0.4, -0.2) is 38.1 Å². The maximum Gasteiger partial charge on any atom is 0.407 e. The van der Waals surface area contributed by atoms with Crippen molar-refractivity contribution in [2.75, 3.05) is 26.4 Å². The van der Waals surface area contributed by atoms with Crippen molar-refractivity contribution >= 4 is 6.09 Å². The summed E-state index contributed by atoms with van der Waals surface area (Å²) in [6, 6.07) is 0. The zero-order valence-corrected chi connectivity index (χ0v) is 9.64. The molecule has 0 radical (unpaired) electrons. The van der Waals surface area contributed by atoms with E-state index in [1.54, 1.807) is 20.8 Å². The zero-order valence-electron chi connectivity index (χ0n) is 9.64. The van der Waals surface area contributed by atoms with Crippen LogP contribution in [0.3, 0.4) is 0 Å². The average Bonchev–Trinajstić information content (AvgIpc) is 2.08. The van der Waals surface area contributed by atoms with Crippen LogP contribution in [-0.2, 0) is 9.47 Å². The average molecular weight is 221 g/mol. The fraction of sp³-hybridized carbons (Fsp3) is 0.900. The van der Waals surface area contributed by atoms with Crippen LogP contribution in [0.2, 0.25) is 0 Å². The van der Waals surface area contributed by atoms with Crippen LogP contribution < -0.4 is 5.32 Å². The van der Waals surface area contributed by atoms with Gasteiger partial charge in [-0.1, -0.05) is 0 Å². The number of amides is 1. The van der Waals surface area contributed by atoms with Gasteiger partial charge in [-0.3, -0.25) is 0 Å². The first-order chi connectivity index (χ1) is 6.95. The number of carbonyl (C=O) groups is 1. The number of rotatable bonds is 6. The Labute approximate surface area is 90.1 Å². The highest BCUT2D eigenvalue weighted by molar-refractivity contribution is 5.67. The van der Waals surface area contributed by atoms with E-state index in [-0.39, 0.29) is 6.61 Å². The van der Waals surface area contributed by atoms with Crippen molar-refractivity contribution in [1.82, 2.24) is 5.32 Å². The van der Waals surface area contributed by atoms with Crippen LogP contribution >= 0.6 is 0 Å². The summed E-state index contributed by atoms with van der Waals surface area (Å²) < 4.78 is 21.5. The van der Waals surface area contributed by atoms with Gasteiger partial charge in [0.05, 0.1) is 6.61 Å². The molecule has 5 heteroatoms. The van der Waals surface area contributed by atoms with Crippen LogP contribution in [0.5, 0.6) is 0 Å². The van der Waals surface area contributed by atoms with Crippen molar-refractivity contribution in [2.45, 2.75) is 32.8 Å². The van der Waals surface area contributed by atoms with Crippen molar-refractivity contribution in [3.05, 3.63) is 0 Å². The second-order valence-electron chi connectivity index (χ2n) is 4.08. The summed E-state index contributed by atoms with van der Waals surface area (Å²) in [7, 11) is 0. The Morgan fingerprint density at radius 1 is 1.33 bits per heavy atom. The number of hydrogen-bond acceptors (Lipinski definition) is 3. The third-order valence-electron chi connectivity index (χ3n) is 1.36. The minimum atomic E-state index is -0.477. The van der Waals surface area contributed by atoms with Crippen molar-refractivity contribution < 1.29 is 18.7 Å². The zero-order chi connectivity index (χ0) is 11.7. The summed E-state index contributed by atoms with van der Waals surface area (Å²) in [4.78, 5) is 11.1. The molecule has 0 bridgehead atoms. The predicted octanol–water partition coefficient (Wildman–Crippen LogP) is 1.89. The number of ether oxygens (including phenoxy) is 2. The first-order valence-electron chi connectivity index (χ1n) is 5.06. The second kappa shape index (κ2) is 7.45. The Morgan fingerprint density at radius 3 is 2.53 bits per heavy atom. The highest BCUT2D eigenvalue weighted by atomic mass is 19.1. The van der Waals surface area contributed by atoms with E-state index in [2.05, 4.69) is 5.32 Å². The Hall–Kier alpha value is -0.840. The molecule has 0 atom stereocenters. The maximum atomic E-state index is 11.6. The van der Waals surface area contributed by atoms with Gasteiger partial charge in [0.1, 0.15) is 12.3 Å². The molecule has 0 spiro atoms. The molecule has 0 fully saturated rings. The van der Waals surface area contributed by atoms with Crippen LogP contribution in [0.4, 0.5) is 9.18 Å². The SMILES string of the molecule is CC(C)(C)OC(=O)NCCCOCCF. The summed E-state index contributed by atoms with van der Waals surface area (Å²) >= 11 is 0. The molecule has 0 aliphatic heterocycles. The van der Waals surface area contributed by atoms with E-state index in [1.807, 2.05) is 0 Å². The van der Waals surface area contributed by atoms with Gasteiger partial charge >= 0.3 is 6.09 Å². The Bertz CT molecular complexity index is 180. The minimum Gasteiger partial charge on any atom is -0.444 e. The molecule has 1 amide bonds. The third kappa shape index (κ3) is 11.1. The van der Waals surface area contributed by atoms with Gasteiger partial charge in [-0.25, -0.2) is 9.18 Å². The van der Waals surface area contributed by atoms with Crippen molar-refractivity contribution in [2.24, 2.45) is 0 Å². The number of hydrogen-bond donors (Lipinski definition) is 1. The van der Waals surface area contributed by atoms with Crippen LogP contribution in [0.15, 0.2) is 0 Å². The minimum absolute atomic E-state index is 0.117. The van der Waals surface area contributed by atoms with Gasteiger partial charge in [-0.15, -0.1) is 0 Å². The van der Waals surface area contributed by atoms with Gasteiger partial charge in [0, 0.05) is 13.2 Å². The Morgan fingerprint density at radius 2 is 2.00 bits per heavy atom. The normalized spacial score (nSPS) is 11.2. The quantitative estimate of drug-likeness (QED) is 0.697. The molecule has 15 heavy (non-hydrogen) atoms. The molecule has 0 unspecified atom stereocenters. The van der Waals surface area contributed by atoms with Gasteiger partial charge < -0.3 is 14.8 Å². The summed E-state index contributed by atoms with van der Waals surface area (Å²) in [6.45, 7) is 5.97. The number of nitrogens with one attached hydrogen (secondary N) is 1. The molecule has 0 saturated carbocycles. The van der Waals surface area contributed by atoms with Crippen LogP contribution in [0, 0.1) is 0 Å².